The van der Waals surface area contributed by atoms with Gasteiger partial charge < -0.3 is 10.4 Å². The fourth-order valence-corrected chi connectivity index (χ4v) is 3.54. The molecule has 0 bridgehead atoms. The summed E-state index contributed by atoms with van der Waals surface area (Å²) in [4.78, 5) is 26.0. The van der Waals surface area contributed by atoms with Crippen LogP contribution in [0, 0.1) is 3.57 Å². The Kier molecular flexibility index (Phi) is 4.37. The quantitative estimate of drug-likeness (QED) is 0.445. The lowest BCUT2D eigenvalue weighted by Gasteiger charge is -2.28. The molecule has 3 amide bonds. The summed E-state index contributed by atoms with van der Waals surface area (Å²) in [6, 6.07) is 4.76. The SMILES string of the molecule is O=C1N/C(=C\c2ccc(O)c(I)c2)C(=O)N1C1CCCCC1. The van der Waals surface area contributed by atoms with E-state index in [2.05, 4.69) is 5.32 Å². The van der Waals surface area contributed by atoms with Crippen LogP contribution in [0.4, 0.5) is 4.79 Å². The number of nitrogens with zero attached hydrogens (tertiary/aromatic N) is 1. The second-order valence-corrected chi connectivity index (χ2v) is 6.83. The fourth-order valence-electron chi connectivity index (χ4n) is 3.00. The van der Waals surface area contributed by atoms with Gasteiger partial charge in [0.25, 0.3) is 5.91 Å². The lowest BCUT2D eigenvalue weighted by Crippen LogP contribution is -2.41. The number of carbonyl (C=O) groups excluding carboxylic acids is 2. The van der Waals surface area contributed by atoms with E-state index in [-0.39, 0.29) is 23.7 Å². The molecule has 2 N–H and O–H groups in total. The van der Waals surface area contributed by atoms with E-state index in [0.717, 1.165) is 31.2 Å². The zero-order valence-electron chi connectivity index (χ0n) is 12.0. The second kappa shape index (κ2) is 6.28. The summed E-state index contributed by atoms with van der Waals surface area (Å²) in [7, 11) is 0. The first-order chi connectivity index (χ1) is 10.6. The topological polar surface area (TPSA) is 69.6 Å². The largest absolute Gasteiger partial charge is 0.507 e. The molecule has 6 heteroatoms. The Labute approximate surface area is 142 Å². The van der Waals surface area contributed by atoms with Crippen molar-refractivity contribution < 1.29 is 14.7 Å². The maximum Gasteiger partial charge on any atom is 0.329 e. The van der Waals surface area contributed by atoms with Crippen LogP contribution in [0.1, 0.15) is 37.7 Å². The molecule has 2 aliphatic rings. The van der Waals surface area contributed by atoms with Crippen LogP contribution in [0.5, 0.6) is 5.75 Å². The Hall–Kier alpha value is -1.57. The Morgan fingerprint density at radius 1 is 1.23 bits per heavy atom. The lowest BCUT2D eigenvalue weighted by atomic mass is 9.94. The number of nitrogens with one attached hydrogen (secondary N) is 1. The number of rotatable bonds is 2. The highest BCUT2D eigenvalue weighted by atomic mass is 127. The maximum absolute atomic E-state index is 12.5. The van der Waals surface area contributed by atoms with E-state index in [1.165, 1.54) is 11.3 Å². The maximum atomic E-state index is 12.5. The highest BCUT2D eigenvalue weighted by Gasteiger charge is 2.38. The van der Waals surface area contributed by atoms with Crippen molar-refractivity contribution in [3.8, 4) is 5.75 Å². The number of halogens is 1. The van der Waals surface area contributed by atoms with Gasteiger partial charge in [0.1, 0.15) is 11.4 Å². The molecule has 0 unspecified atom stereocenters. The number of benzene rings is 1. The van der Waals surface area contributed by atoms with E-state index >= 15 is 0 Å². The van der Waals surface area contributed by atoms with Crippen molar-refractivity contribution in [2.24, 2.45) is 0 Å². The van der Waals surface area contributed by atoms with Crippen LogP contribution in [0.25, 0.3) is 6.08 Å². The number of aromatic hydroxyl groups is 1. The molecule has 1 aliphatic carbocycles. The molecule has 0 atom stereocenters. The van der Waals surface area contributed by atoms with E-state index in [0.29, 0.717) is 9.27 Å². The predicted molar refractivity (Wildman–Crippen MR) is 91.1 cm³/mol. The average molecular weight is 412 g/mol. The lowest BCUT2D eigenvalue weighted by molar-refractivity contribution is -0.124. The van der Waals surface area contributed by atoms with Gasteiger partial charge in [0.2, 0.25) is 0 Å². The van der Waals surface area contributed by atoms with Gasteiger partial charge in [-0.25, -0.2) is 4.79 Å². The zero-order chi connectivity index (χ0) is 15.7. The van der Waals surface area contributed by atoms with E-state index in [1.807, 2.05) is 22.6 Å². The first kappa shape index (κ1) is 15.3. The minimum absolute atomic E-state index is 0.0205. The molecule has 1 aromatic rings. The Morgan fingerprint density at radius 2 is 1.95 bits per heavy atom. The normalized spacial score (nSPS) is 21.5. The van der Waals surface area contributed by atoms with Crippen LogP contribution in [-0.2, 0) is 4.79 Å². The van der Waals surface area contributed by atoms with E-state index in [1.54, 1.807) is 24.3 Å². The summed E-state index contributed by atoms with van der Waals surface area (Å²) in [5.41, 5.74) is 1.08. The molecular formula is C16H17IN2O3. The third kappa shape index (κ3) is 2.97. The van der Waals surface area contributed by atoms with Crippen LogP contribution >= 0.6 is 22.6 Å². The first-order valence-corrected chi connectivity index (χ1v) is 8.49. The van der Waals surface area contributed by atoms with Crippen molar-refractivity contribution >= 4 is 40.6 Å². The summed E-state index contributed by atoms with van der Waals surface area (Å²) < 4.78 is 0.702. The number of hydrogen-bond donors (Lipinski definition) is 2. The smallest absolute Gasteiger partial charge is 0.329 e. The van der Waals surface area contributed by atoms with Crippen molar-refractivity contribution in [1.82, 2.24) is 10.2 Å². The summed E-state index contributed by atoms with van der Waals surface area (Å²) in [5.74, 6) is -0.0478. The monoisotopic (exact) mass is 412 g/mol. The molecule has 0 radical (unpaired) electrons. The Balaban J connectivity index is 1.83. The predicted octanol–water partition coefficient (Wildman–Crippen LogP) is 3.22. The molecule has 1 saturated heterocycles. The number of urea groups is 1. The molecular weight excluding hydrogens is 395 g/mol. The van der Waals surface area contributed by atoms with Crippen molar-refractivity contribution in [2.75, 3.05) is 0 Å². The van der Waals surface area contributed by atoms with Crippen molar-refractivity contribution in [1.29, 1.82) is 0 Å². The van der Waals surface area contributed by atoms with Crippen molar-refractivity contribution in [3.05, 3.63) is 33.0 Å². The van der Waals surface area contributed by atoms with Gasteiger partial charge in [-0.1, -0.05) is 25.3 Å². The molecule has 3 rings (SSSR count). The minimum Gasteiger partial charge on any atom is -0.507 e. The highest BCUT2D eigenvalue weighted by molar-refractivity contribution is 14.1. The van der Waals surface area contributed by atoms with Gasteiger partial charge in [-0.05, 0) is 59.2 Å². The van der Waals surface area contributed by atoms with Crippen molar-refractivity contribution in [2.45, 2.75) is 38.1 Å². The third-order valence-electron chi connectivity index (χ3n) is 4.13. The zero-order valence-corrected chi connectivity index (χ0v) is 14.2. The summed E-state index contributed by atoms with van der Waals surface area (Å²) in [6.07, 6.45) is 6.75. The van der Waals surface area contributed by atoms with Crippen LogP contribution in [0.2, 0.25) is 0 Å². The van der Waals surface area contributed by atoms with Gasteiger partial charge in [-0.15, -0.1) is 0 Å². The van der Waals surface area contributed by atoms with Gasteiger partial charge in [0.15, 0.2) is 0 Å². The first-order valence-electron chi connectivity index (χ1n) is 7.41. The molecule has 22 heavy (non-hydrogen) atoms. The standard InChI is InChI=1S/C16H17IN2O3/c17-12-8-10(6-7-14(12)20)9-13-15(21)19(16(22)18-13)11-4-2-1-3-5-11/h6-9,11,20H,1-5H2,(H,18,22)/b13-9-. The summed E-state index contributed by atoms with van der Waals surface area (Å²) >= 11 is 2.02. The molecule has 1 aromatic carbocycles. The van der Waals surface area contributed by atoms with Gasteiger partial charge >= 0.3 is 6.03 Å². The van der Waals surface area contributed by atoms with E-state index in [9.17, 15) is 14.7 Å². The van der Waals surface area contributed by atoms with Crippen LogP contribution in [0.3, 0.4) is 0 Å². The Bertz CT molecular complexity index is 651. The number of amides is 3. The van der Waals surface area contributed by atoms with Gasteiger partial charge in [0, 0.05) is 6.04 Å². The van der Waals surface area contributed by atoms with Crippen LogP contribution in [0.15, 0.2) is 23.9 Å². The molecule has 0 spiro atoms. The van der Waals surface area contributed by atoms with E-state index < -0.39 is 0 Å². The van der Waals surface area contributed by atoms with E-state index in [4.69, 9.17) is 0 Å². The molecule has 5 nitrogen and oxygen atoms in total. The third-order valence-corrected chi connectivity index (χ3v) is 5.00. The van der Waals surface area contributed by atoms with Gasteiger partial charge in [0.05, 0.1) is 3.57 Å². The number of phenolic OH excluding ortho intramolecular Hbond substituents is 1. The number of imide groups is 1. The molecule has 2 fully saturated rings. The highest BCUT2D eigenvalue weighted by Crippen LogP contribution is 2.27. The number of phenols is 1. The fraction of sp³-hybridized carbons (Fsp3) is 0.375. The van der Waals surface area contributed by atoms with Crippen LogP contribution < -0.4 is 5.32 Å². The Morgan fingerprint density at radius 3 is 2.64 bits per heavy atom. The molecule has 1 saturated carbocycles. The molecule has 1 heterocycles. The number of carbonyl (C=O) groups is 2. The minimum atomic E-state index is -0.323. The van der Waals surface area contributed by atoms with Gasteiger partial charge in [-0.3, -0.25) is 9.69 Å². The molecule has 116 valence electrons. The number of hydrogen-bond acceptors (Lipinski definition) is 3. The van der Waals surface area contributed by atoms with Crippen LogP contribution in [-0.4, -0.2) is 28.0 Å². The second-order valence-electron chi connectivity index (χ2n) is 5.67. The van der Waals surface area contributed by atoms with Gasteiger partial charge in [-0.2, -0.15) is 0 Å². The van der Waals surface area contributed by atoms with Crippen molar-refractivity contribution in [3.63, 3.8) is 0 Å². The molecule has 0 aromatic heterocycles. The molecule has 1 aliphatic heterocycles. The average Bonchev–Trinajstić information content (AvgIpc) is 2.78. The summed E-state index contributed by atoms with van der Waals surface area (Å²) in [5, 5.41) is 12.2. The summed E-state index contributed by atoms with van der Waals surface area (Å²) in [6.45, 7) is 0.